The maximum absolute atomic E-state index is 2.81. The normalized spacial score (nSPS) is 15.1. The second-order valence-corrected chi connectivity index (χ2v) is 25.6. The molecule has 2 aliphatic rings. The van der Waals surface area contributed by atoms with Gasteiger partial charge < -0.3 is 18.9 Å². The molecule has 12 aromatic carbocycles. The summed E-state index contributed by atoms with van der Waals surface area (Å²) in [5.41, 5.74) is 24.0. The zero-order valence-corrected chi connectivity index (χ0v) is 51.6. The first-order chi connectivity index (χ1) is 43.5. The van der Waals surface area contributed by atoms with E-state index in [1.807, 2.05) is 0 Å². The molecular weight excluding hydrogens is 1060 g/mol. The van der Waals surface area contributed by atoms with Gasteiger partial charge in [-0.15, -0.1) is 0 Å². The second-order valence-electron chi connectivity index (χ2n) is 25.6. The first kappa shape index (κ1) is 54.3. The molecule has 2 aromatic heterocycles. The van der Waals surface area contributed by atoms with Crippen LogP contribution in [0.15, 0.2) is 218 Å². The van der Waals surface area contributed by atoms with Crippen molar-refractivity contribution in [1.29, 1.82) is 0 Å². The lowest BCUT2D eigenvalue weighted by molar-refractivity contribution is 0.559. The number of anilines is 4. The summed E-state index contributed by atoms with van der Waals surface area (Å²) < 4.78 is 5.09. The summed E-state index contributed by atoms with van der Waals surface area (Å²) in [7, 11) is 0. The Balaban J connectivity index is 0.974. The molecule has 0 saturated carbocycles. The lowest BCUT2D eigenvalue weighted by Gasteiger charge is -2.40. The Bertz CT molecular complexity index is 4660. The average molecular weight is 1140 g/mol. The zero-order chi connectivity index (χ0) is 59.0. The van der Waals surface area contributed by atoms with Gasteiger partial charge in [-0.1, -0.05) is 199 Å². The predicted octanol–water partition coefficient (Wildman–Crippen LogP) is 23.0. The highest BCUT2D eigenvalue weighted by molar-refractivity contribution is 6.29. The Morgan fingerprint density at radius 2 is 0.739 bits per heavy atom. The standard InChI is InChI=1S/C84H78N4/c1-5-21-55-25-17-31-61(49-55)85-77-37-15-13-35-69(77)71-43-41-63(53-81(71)85)87(75-39-19-29-57-27-9-11-33-65(57)75)79-51-59(23-7-3)67-46-48-74-80(52-60(24-8-4)68-45-47-73(79)83(67)84(68)74)88(76-40-20-30-58-28-10-12-34-66(58)76)64-42-44-72-70-36-14-16-38-78(70)86(82(72)54-64)62-32-18-26-56(50-62)22-6-2/h9-18,25-28,31-38,41-54,75-76H,5-8,19-24,29-30,39-40H2,1-4H3. The Morgan fingerprint density at radius 1 is 0.341 bits per heavy atom. The van der Waals surface area contributed by atoms with Crippen molar-refractivity contribution >= 4 is 98.7 Å². The van der Waals surface area contributed by atoms with Gasteiger partial charge in [0.15, 0.2) is 0 Å². The van der Waals surface area contributed by atoms with Crippen molar-refractivity contribution in [3.8, 4) is 11.4 Å². The molecule has 0 radical (unpaired) electrons. The van der Waals surface area contributed by atoms with E-state index in [-0.39, 0.29) is 12.1 Å². The summed E-state index contributed by atoms with van der Waals surface area (Å²) in [6, 6.07) is 85.9. The Labute approximate surface area is 518 Å². The molecule has 2 heterocycles. The maximum Gasteiger partial charge on any atom is 0.0594 e. The van der Waals surface area contributed by atoms with Crippen LogP contribution in [0, 0.1) is 0 Å². The van der Waals surface area contributed by atoms with Gasteiger partial charge in [0, 0.05) is 66.4 Å². The number of fused-ring (bicyclic) bond motifs is 8. The summed E-state index contributed by atoms with van der Waals surface area (Å²) >= 11 is 0. The minimum atomic E-state index is 0.133. The third-order valence-electron chi connectivity index (χ3n) is 20.2. The molecule has 2 aliphatic carbocycles. The van der Waals surface area contributed by atoms with Crippen LogP contribution in [0.1, 0.15) is 136 Å². The van der Waals surface area contributed by atoms with Gasteiger partial charge in [-0.25, -0.2) is 0 Å². The third kappa shape index (κ3) is 8.91. The molecular formula is C84H78N4. The van der Waals surface area contributed by atoms with E-state index >= 15 is 0 Å². The first-order valence-corrected chi connectivity index (χ1v) is 33.3. The van der Waals surface area contributed by atoms with Crippen molar-refractivity contribution in [1.82, 2.24) is 9.13 Å². The van der Waals surface area contributed by atoms with Gasteiger partial charge in [0.1, 0.15) is 0 Å². The largest absolute Gasteiger partial charge is 0.333 e. The topological polar surface area (TPSA) is 16.3 Å². The SMILES string of the molecule is CCCc1cccc(-n2c3ccccc3c3ccc(N(c4cc(CCC)c5ccc6c(N(c7ccc8c9ccccc9n(-c9cccc(CCC)c9)c8c7)C7CCCc8ccccc87)cc(CCC)c7ccc4c5c76)C4CCCc5ccccc54)cc32)c1. The summed E-state index contributed by atoms with van der Waals surface area (Å²) in [5, 5.41) is 13.4. The minimum Gasteiger partial charge on any atom is -0.333 e. The molecule has 4 heteroatoms. The van der Waals surface area contributed by atoms with Crippen LogP contribution < -0.4 is 9.80 Å². The fourth-order valence-corrected chi connectivity index (χ4v) is 16.5. The second kappa shape index (κ2) is 22.5. The van der Waals surface area contributed by atoms with Gasteiger partial charge in [-0.2, -0.15) is 0 Å². The quantitative estimate of drug-likeness (QED) is 0.0897. The fourth-order valence-electron chi connectivity index (χ4n) is 16.5. The number of hydrogen-bond donors (Lipinski definition) is 0. The first-order valence-electron chi connectivity index (χ1n) is 33.3. The smallest absolute Gasteiger partial charge is 0.0594 e. The Hall–Kier alpha value is -9.12. The lowest BCUT2D eigenvalue weighted by Crippen LogP contribution is -2.28. The van der Waals surface area contributed by atoms with Crippen LogP contribution in [0.5, 0.6) is 0 Å². The van der Waals surface area contributed by atoms with Crippen LogP contribution in [-0.2, 0) is 38.5 Å². The molecule has 14 aromatic rings. The number of rotatable bonds is 16. The molecule has 0 bridgehead atoms. The van der Waals surface area contributed by atoms with E-state index in [2.05, 4.69) is 265 Å². The van der Waals surface area contributed by atoms with E-state index < -0.39 is 0 Å². The van der Waals surface area contributed by atoms with Gasteiger partial charge in [-0.05, 0) is 203 Å². The molecule has 4 nitrogen and oxygen atoms in total. The molecule has 434 valence electrons. The number of para-hydroxylation sites is 2. The molecule has 2 atom stereocenters. The molecule has 0 spiro atoms. The van der Waals surface area contributed by atoms with E-state index in [1.165, 1.54) is 155 Å². The molecule has 16 rings (SSSR count). The van der Waals surface area contributed by atoms with Gasteiger partial charge in [-0.3, -0.25) is 0 Å². The van der Waals surface area contributed by atoms with Crippen molar-refractivity contribution < 1.29 is 0 Å². The molecule has 0 N–H and O–H groups in total. The number of nitrogens with zero attached hydrogens (tertiary/aromatic N) is 4. The van der Waals surface area contributed by atoms with Crippen LogP contribution in [-0.4, -0.2) is 9.13 Å². The van der Waals surface area contributed by atoms with E-state index in [4.69, 9.17) is 0 Å². The van der Waals surface area contributed by atoms with Gasteiger partial charge in [0.25, 0.3) is 0 Å². The van der Waals surface area contributed by atoms with Crippen LogP contribution in [0.4, 0.5) is 22.7 Å². The van der Waals surface area contributed by atoms with Gasteiger partial charge in [0.2, 0.25) is 0 Å². The van der Waals surface area contributed by atoms with Crippen molar-refractivity contribution in [2.24, 2.45) is 0 Å². The highest BCUT2D eigenvalue weighted by Gasteiger charge is 2.34. The summed E-state index contributed by atoms with van der Waals surface area (Å²) in [6.45, 7) is 9.30. The van der Waals surface area contributed by atoms with Gasteiger partial charge >= 0.3 is 0 Å². The zero-order valence-electron chi connectivity index (χ0n) is 51.6. The number of hydrogen-bond acceptors (Lipinski definition) is 2. The molecule has 0 saturated heterocycles. The third-order valence-corrected chi connectivity index (χ3v) is 20.2. The molecule has 88 heavy (non-hydrogen) atoms. The van der Waals surface area contributed by atoms with Crippen LogP contribution in [0.3, 0.4) is 0 Å². The Morgan fingerprint density at radius 3 is 1.19 bits per heavy atom. The predicted molar refractivity (Wildman–Crippen MR) is 376 cm³/mol. The van der Waals surface area contributed by atoms with E-state index in [1.54, 1.807) is 0 Å². The van der Waals surface area contributed by atoms with E-state index in [0.29, 0.717) is 0 Å². The average Bonchev–Trinajstić information content (AvgIpc) is 0.844. The highest BCUT2D eigenvalue weighted by atomic mass is 15.2. The van der Waals surface area contributed by atoms with Crippen LogP contribution in [0.2, 0.25) is 0 Å². The van der Waals surface area contributed by atoms with Crippen molar-refractivity contribution in [2.45, 2.75) is 130 Å². The minimum absolute atomic E-state index is 0.133. The highest BCUT2D eigenvalue weighted by Crippen LogP contribution is 2.53. The maximum atomic E-state index is 2.81. The summed E-state index contributed by atoms with van der Waals surface area (Å²) in [5.74, 6) is 0. The Kier molecular flexibility index (Phi) is 13.9. The number of aryl methyl sites for hydroxylation is 6. The van der Waals surface area contributed by atoms with Crippen molar-refractivity contribution in [3.05, 3.63) is 263 Å². The molecule has 0 aliphatic heterocycles. The monoisotopic (exact) mass is 1140 g/mol. The summed E-state index contributed by atoms with van der Waals surface area (Å²) in [6.07, 6.45) is 15.1. The van der Waals surface area contributed by atoms with E-state index in [0.717, 1.165) is 89.9 Å². The van der Waals surface area contributed by atoms with Crippen molar-refractivity contribution in [2.75, 3.05) is 9.80 Å². The molecule has 0 amide bonds. The molecule has 2 unspecified atom stereocenters. The number of benzene rings is 12. The summed E-state index contributed by atoms with van der Waals surface area (Å²) in [4.78, 5) is 5.62. The molecule has 0 fully saturated rings. The van der Waals surface area contributed by atoms with Crippen molar-refractivity contribution in [3.63, 3.8) is 0 Å². The van der Waals surface area contributed by atoms with Crippen LogP contribution in [0.25, 0.3) is 87.3 Å². The fraction of sp³-hybridized carbons (Fsp3) is 0.238. The van der Waals surface area contributed by atoms with Crippen LogP contribution >= 0.6 is 0 Å². The van der Waals surface area contributed by atoms with Gasteiger partial charge in [0.05, 0.1) is 34.2 Å². The number of aromatic nitrogens is 2. The van der Waals surface area contributed by atoms with E-state index in [9.17, 15) is 0 Å². The lowest BCUT2D eigenvalue weighted by atomic mass is 9.83.